The highest BCUT2D eigenvalue weighted by Gasteiger charge is 2.31. The molecule has 1 aromatic rings. The molecule has 2 nitrogen and oxygen atoms in total. The van der Waals surface area contributed by atoms with Gasteiger partial charge in [-0.05, 0) is 18.6 Å². The molecule has 0 saturated heterocycles. The molecule has 1 heterocycles. The first-order chi connectivity index (χ1) is 5.95. The van der Waals surface area contributed by atoms with Crippen molar-refractivity contribution in [3.63, 3.8) is 0 Å². The molecule has 0 amide bonds. The van der Waals surface area contributed by atoms with Gasteiger partial charge in [0.05, 0.1) is 6.04 Å². The molecular weight excluding hydrogens is 291 g/mol. The largest absolute Gasteiger partial charge is 0.457 e. The molecule has 0 saturated carbocycles. The van der Waals surface area contributed by atoms with Gasteiger partial charge in [0.1, 0.15) is 5.76 Å². The summed E-state index contributed by atoms with van der Waals surface area (Å²) in [5, 5.41) is 0. The van der Waals surface area contributed by atoms with E-state index in [1.165, 1.54) is 12.1 Å². The maximum Gasteiger partial charge on any atom is 0.352 e. The summed E-state index contributed by atoms with van der Waals surface area (Å²) in [5.41, 5.74) is 5.61. The summed E-state index contributed by atoms with van der Waals surface area (Å²) < 4.78 is 27.3. The molecule has 0 aliphatic carbocycles. The summed E-state index contributed by atoms with van der Waals surface area (Å²) in [6.07, 6.45) is 0.666. The summed E-state index contributed by atoms with van der Waals surface area (Å²) >= 11 is 1.02. The van der Waals surface area contributed by atoms with Crippen molar-refractivity contribution in [1.82, 2.24) is 0 Å². The van der Waals surface area contributed by atoms with Crippen molar-refractivity contribution in [3.8, 4) is 0 Å². The zero-order valence-corrected chi connectivity index (χ0v) is 9.22. The molecule has 1 atom stereocenters. The zero-order chi connectivity index (χ0) is 10.1. The molecule has 0 radical (unpaired) electrons. The van der Waals surface area contributed by atoms with Gasteiger partial charge >= 0.3 is 3.93 Å². The van der Waals surface area contributed by atoms with Crippen LogP contribution in [0.25, 0.3) is 0 Å². The average molecular weight is 301 g/mol. The quantitative estimate of drug-likeness (QED) is 0.688. The summed E-state index contributed by atoms with van der Waals surface area (Å²) in [6.45, 7) is 1.87. The van der Waals surface area contributed by atoms with Gasteiger partial charge in [-0.3, -0.25) is 0 Å². The van der Waals surface area contributed by atoms with E-state index in [4.69, 9.17) is 10.2 Å². The van der Waals surface area contributed by atoms with E-state index in [0.29, 0.717) is 12.2 Å². The number of halogens is 3. The van der Waals surface area contributed by atoms with Crippen molar-refractivity contribution >= 4 is 22.6 Å². The fourth-order valence-corrected chi connectivity index (χ4v) is 1.20. The van der Waals surface area contributed by atoms with Gasteiger partial charge in [0, 0.05) is 22.6 Å². The van der Waals surface area contributed by atoms with Crippen LogP contribution >= 0.6 is 22.6 Å². The molecule has 0 aromatic carbocycles. The van der Waals surface area contributed by atoms with Crippen LogP contribution in [0.15, 0.2) is 16.5 Å². The zero-order valence-electron chi connectivity index (χ0n) is 7.06. The highest BCUT2D eigenvalue weighted by molar-refractivity contribution is 14.1. The van der Waals surface area contributed by atoms with Crippen molar-refractivity contribution in [2.24, 2.45) is 5.73 Å². The van der Waals surface area contributed by atoms with E-state index in [0.717, 1.165) is 22.6 Å². The third-order valence-corrected chi connectivity index (χ3v) is 2.24. The van der Waals surface area contributed by atoms with Crippen LogP contribution in [0.3, 0.4) is 0 Å². The predicted molar refractivity (Wildman–Crippen MR) is 53.8 cm³/mol. The van der Waals surface area contributed by atoms with E-state index in [1.54, 1.807) is 0 Å². The second kappa shape index (κ2) is 3.91. The van der Waals surface area contributed by atoms with Gasteiger partial charge < -0.3 is 10.2 Å². The minimum Gasteiger partial charge on any atom is -0.457 e. The van der Waals surface area contributed by atoms with Crippen LogP contribution in [0.4, 0.5) is 8.78 Å². The first-order valence-electron chi connectivity index (χ1n) is 3.87. The molecule has 0 aliphatic heterocycles. The van der Waals surface area contributed by atoms with E-state index in [1.807, 2.05) is 6.92 Å². The topological polar surface area (TPSA) is 39.2 Å². The van der Waals surface area contributed by atoms with Crippen LogP contribution in [0.2, 0.25) is 0 Å². The van der Waals surface area contributed by atoms with Crippen LogP contribution in [-0.2, 0) is 3.93 Å². The molecular formula is C8H10F2INO. The SMILES string of the molecule is CCC(N)c1ccc(C(F)(F)I)o1. The fraction of sp³-hybridized carbons (Fsp3) is 0.500. The Labute approximate surface area is 88.6 Å². The van der Waals surface area contributed by atoms with Crippen LogP contribution in [0, 0.1) is 0 Å². The Bertz CT molecular complexity index is 282. The van der Waals surface area contributed by atoms with Crippen molar-refractivity contribution in [2.45, 2.75) is 23.3 Å². The third kappa shape index (κ3) is 2.63. The highest BCUT2D eigenvalue weighted by atomic mass is 127. The number of nitrogens with two attached hydrogens (primary N) is 1. The Kier molecular flexibility index (Phi) is 3.28. The van der Waals surface area contributed by atoms with E-state index < -0.39 is 3.93 Å². The number of furan rings is 1. The summed E-state index contributed by atoms with van der Waals surface area (Å²) in [5.74, 6) is 0.0702. The minimum absolute atomic E-state index is 0.299. The molecule has 0 spiro atoms. The molecule has 2 N–H and O–H groups in total. The Morgan fingerprint density at radius 3 is 2.62 bits per heavy atom. The van der Waals surface area contributed by atoms with Gasteiger partial charge in [0.2, 0.25) is 0 Å². The second-order valence-corrected chi connectivity index (χ2v) is 4.07. The molecule has 0 bridgehead atoms. The molecule has 1 aromatic heterocycles. The van der Waals surface area contributed by atoms with Gasteiger partial charge in [-0.2, -0.15) is 8.78 Å². The van der Waals surface area contributed by atoms with Gasteiger partial charge in [-0.25, -0.2) is 0 Å². The van der Waals surface area contributed by atoms with E-state index in [9.17, 15) is 8.78 Å². The van der Waals surface area contributed by atoms with Crippen molar-refractivity contribution in [1.29, 1.82) is 0 Å². The first-order valence-corrected chi connectivity index (χ1v) is 4.95. The molecule has 0 fully saturated rings. The van der Waals surface area contributed by atoms with Crippen molar-refractivity contribution in [3.05, 3.63) is 23.7 Å². The van der Waals surface area contributed by atoms with Gasteiger partial charge in [0.25, 0.3) is 0 Å². The summed E-state index contributed by atoms with van der Waals surface area (Å²) in [6, 6.07) is 2.46. The van der Waals surface area contributed by atoms with Crippen LogP contribution in [0.5, 0.6) is 0 Å². The Balaban J connectivity index is 2.87. The highest BCUT2D eigenvalue weighted by Crippen LogP contribution is 2.36. The van der Waals surface area contributed by atoms with Gasteiger partial charge in [-0.1, -0.05) is 6.92 Å². The van der Waals surface area contributed by atoms with Crippen LogP contribution in [-0.4, -0.2) is 0 Å². The van der Waals surface area contributed by atoms with Crippen molar-refractivity contribution < 1.29 is 13.2 Å². The number of hydrogen-bond acceptors (Lipinski definition) is 2. The van der Waals surface area contributed by atoms with Crippen LogP contribution in [0.1, 0.15) is 30.9 Å². The predicted octanol–water partition coefficient (Wildman–Crippen LogP) is 3.17. The maximum atomic E-state index is 12.7. The van der Waals surface area contributed by atoms with E-state index in [-0.39, 0.29) is 11.8 Å². The molecule has 74 valence electrons. The maximum absolute atomic E-state index is 12.7. The lowest BCUT2D eigenvalue weighted by Crippen LogP contribution is -2.07. The molecule has 13 heavy (non-hydrogen) atoms. The molecule has 0 aliphatic rings. The normalized spacial score (nSPS) is 14.5. The second-order valence-electron chi connectivity index (χ2n) is 2.71. The Morgan fingerprint density at radius 1 is 1.62 bits per heavy atom. The van der Waals surface area contributed by atoms with Gasteiger partial charge in [0.15, 0.2) is 5.76 Å². The fourth-order valence-electron chi connectivity index (χ4n) is 0.906. The third-order valence-electron chi connectivity index (χ3n) is 1.71. The molecule has 1 unspecified atom stereocenters. The first kappa shape index (κ1) is 10.9. The lowest BCUT2D eigenvalue weighted by Gasteiger charge is -2.06. The standard InChI is InChI=1S/C8H10F2INO/c1-2-5(12)6-3-4-7(13-6)8(9,10)11/h3-5H,2,12H2,1H3. The van der Waals surface area contributed by atoms with Crippen molar-refractivity contribution in [2.75, 3.05) is 0 Å². The number of hydrogen-bond donors (Lipinski definition) is 1. The lowest BCUT2D eigenvalue weighted by atomic mass is 10.2. The summed E-state index contributed by atoms with van der Waals surface area (Å²) in [7, 11) is 0. The number of alkyl halides is 3. The number of rotatable bonds is 3. The monoisotopic (exact) mass is 301 g/mol. The van der Waals surface area contributed by atoms with E-state index in [2.05, 4.69) is 0 Å². The summed E-state index contributed by atoms with van der Waals surface area (Å²) in [4.78, 5) is 0. The Hall–Kier alpha value is -0.170. The molecule has 1 rings (SSSR count). The lowest BCUT2D eigenvalue weighted by molar-refractivity contribution is 0.0966. The minimum atomic E-state index is -2.95. The van der Waals surface area contributed by atoms with E-state index >= 15 is 0 Å². The molecule has 5 heteroatoms. The Morgan fingerprint density at radius 2 is 2.23 bits per heavy atom. The average Bonchev–Trinajstić information content (AvgIpc) is 2.50. The van der Waals surface area contributed by atoms with Gasteiger partial charge in [-0.15, -0.1) is 0 Å². The smallest absolute Gasteiger partial charge is 0.352 e. The van der Waals surface area contributed by atoms with Crippen LogP contribution < -0.4 is 5.73 Å².